The standard InChI is InChI=1S/C27H29FN4O4/c1-18-5-7-21(8-6-18)15-32-20(3)24(19(2)30-32)13-14-27(35)36-17-26(34)31(4)16-25(33)29-23-11-9-22(28)10-12-23/h5-14H,15-17H2,1-4H3,(H,29,33)/b14-13+. The maximum absolute atomic E-state index is 13.0. The van der Waals surface area contributed by atoms with Crippen molar-refractivity contribution in [2.45, 2.75) is 27.3 Å². The maximum atomic E-state index is 13.0. The Bertz CT molecular complexity index is 1260. The Hall–Kier alpha value is -4.27. The first-order chi connectivity index (χ1) is 17.1. The van der Waals surface area contributed by atoms with Crippen LogP contribution in [0.15, 0.2) is 54.6 Å². The number of likely N-dealkylation sites (N-methyl/N-ethyl adjacent to an activating group) is 1. The first kappa shape index (κ1) is 26.3. The van der Waals surface area contributed by atoms with Gasteiger partial charge in [-0.05, 0) is 56.7 Å². The number of nitrogens with zero attached hydrogens (tertiary/aromatic N) is 3. The minimum Gasteiger partial charge on any atom is -0.452 e. The van der Waals surface area contributed by atoms with E-state index in [9.17, 15) is 18.8 Å². The van der Waals surface area contributed by atoms with Gasteiger partial charge in [0.25, 0.3) is 5.91 Å². The summed E-state index contributed by atoms with van der Waals surface area (Å²) in [6, 6.07) is 13.5. The molecule has 8 nitrogen and oxygen atoms in total. The van der Waals surface area contributed by atoms with Gasteiger partial charge in [-0.3, -0.25) is 14.3 Å². The molecule has 0 radical (unpaired) electrons. The van der Waals surface area contributed by atoms with Crippen molar-refractivity contribution in [2.24, 2.45) is 0 Å². The molecule has 0 bridgehead atoms. The van der Waals surface area contributed by atoms with Gasteiger partial charge in [0.15, 0.2) is 6.61 Å². The molecule has 3 rings (SSSR count). The first-order valence-electron chi connectivity index (χ1n) is 11.4. The number of anilines is 1. The van der Waals surface area contributed by atoms with Crippen molar-refractivity contribution in [1.29, 1.82) is 0 Å². The topological polar surface area (TPSA) is 93.5 Å². The number of hydrogen-bond acceptors (Lipinski definition) is 5. The molecule has 36 heavy (non-hydrogen) atoms. The summed E-state index contributed by atoms with van der Waals surface area (Å²) in [4.78, 5) is 37.6. The first-order valence-corrected chi connectivity index (χ1v) is 11.4. The number of aromatic nitrogens is 2. The number of carbonyl (C=O) groups is 3. The van der Waals surface area contributed by atoms with Crippen molar-refractivity contribution < 1.29 is 23.5 Å². The van der Waals surface area contributed by atoms with E-state index in [0.29, 0.717) is 12.2 Å². The third-order valence-corrected chi connectivity index (χ3v) is 5.55. The van der Waals surface area contributed by atoms with Crippen LogP contribution in [0.4, 0.5) is 10.1 Å². The highest BCUT2D eigenvalue weighted by Gasteiger charge is 2.15. The van der Waals surface area contributed by atoms with Crippen LogP contribution in [-0.2, 0) is 25.7 Å². The zero-order valence-electron chi connectivity index (χ0n) is 20.7. The molecule has 0 unspecified atom stereocenters. The zero-order valence-corrected chi connectivity index (χ0v) is 20.7. The van der Waals surface area contributed by atoms with Gasteiger partial charge < -0.3 is 15.0 Å². The number of aryl methyl sites for hydroxylation is 2. The summed E-state index contributed by atoms with van der Waals surface area (Å²) in [5.74, 6) is -2.10. The van der Waals surface area contributed by atoms with E-state index < -0.39 is 30.2 Å². The van der Waals surface area contributed by atoms with Crippen LogP contribution in [-0.4, -0.2) is 52.7 Å². The molecule has 0 saturated heterocycles. The number of benzene rings is 2. The van der Waals surface area contributed by atoms with Crippen molar-refractivity contribution in [3.05, 3.63) is 88.5 Å². The van der Waals surface area contributed by atoms with E-state index in [1.807, 2.05) is 25.5 Å². The van der Waals surface area contributed by atoms with E-state index in [-0.39, 0.29) is 6.54 Å². The van der Waals surface area contributed by atoms with Gasteiger partial charge in [0, 0.05) is 30.1 Å². The maximum Gasteiger partial charge on any atom is 0.331 e. The van der Waals surface area contributed by atoms with Crippen molar-refractivity contribution in [1.82, 2.24) is 14.7 Å². The van der Waals surface area contributed by atoms with Crippen molar-refractivity contribution in [3.63, 3.8) is 0 Å². The molecule has 0 aliphatic rings. The lowest BCUT2D eigenvalue weighted by Crippen LogP contribution is -2.37. The van der Waals surface area contributed by atoms with Crippen LogP contribution in [0.3, 0.4) is 0 Å². The molecule has 0 aliphatic heterocycles. The van der Waals surface area contributed by atoms with Gasteiger partial charge in [0.1, 0.15) is 5.82 Å². The van der Waals surface area contributed by atoms with E-state index in [1.54, 1.807) is 6.08 Å². The molecule has 188 valence electrons. The summed E-state index contributed by atoms with van der Waals surface area (Å²) >= 11 is 0. The second-order valence-electron chi connectivity index (χ2n) is 8.47. The number of rotatable bonds is 9. The fourth-order valence-electron chi connectivity index (χ4n) is 3.45. The summed E-state index contributed by atoms with van der Waals surface area (Å²) in [7, 11) is 1.42. The summed E-state index contributed by atoms with van der Waals surface area (Å²) in [6.45, 7) is 5.68. The van der Waals surface area contributed by atoms with Crippen LogP contribution in [0.5, 0.6) is 0 Å². The summed E-state index contributed by atoms with van der Waals surface area (Å²) in [5, 5.41) is 7.12. The molecule has 3 aromatic rings. The molecule has 0 saturated carbocycles. The quantitative estimate of drug-likeness (QED) is 0.364. The molecular formula is C27H29FN4O4. The minimum atomic E-state index is -0.683. The van der Waals surface area contributed by atoms with E-state index in [1.165, 1.54) is 43.0 Å². The molecule has 0 atom stereocenters. The SMILES string of the molecule is Cc1ccc(Cn2nc(C)c(/C=C/C(=O)OCC(=O)N(C)CC(=O)Nc3ccc(F)cc3)c2C)cc1. The van der Waals surface area contributed by atoms with Gasteiger partial charge in [-0.2, -0.15) is 5.10 Å². The predicted molar refractivity (Wildman–Crippen MR) is 135 cm³/mol. The molecule has 1 aromatic heterocycles. The minimum absolute atomic E-state index is 0.248. The third-order valence-electron chi connectivity index (χ3n) is 5.55. The largest absolute Gasteiger partial charge is 0.452 e. The monoisotopic (exact) mass is 492 g/mol. The van der Waals surface area contributed by atoms with Crippen LogP contribution < -0.4 is 5.32 Å². The average Bonchev–Trinajstić information content (AvgIpc) is 3.10. The second-order valence-corrected chi connectivity index (χ2v) is 8.47. The molecule has 9 heteroatoms. The molecule has 1 N–H and O–H groups in total. The molecule has 0 spiro atoms. The van der Waals surface area contributed by atoms with E-state index >= 15 is 0 Å². The molecule has 0 aliphatic carbocycles. The number of hydrogen-bond donors (Lipinski definition) is 1. The summed E-state index contributed by atoms with van der Waals surface area (Å²) in [6.07, 6.45) is 2.87. The Morgan fingerprint density at radius 1 is 1.06 bits per heavy atom. The van der Waals surface area contributed by atoms with Gasteiger partial charge in [-0.25, -0.2) is 9.18 Å². The predicted octanol–water partition coefficient (Wildman–Crippen LogP) is 3.65. The molecule has 2 aromatic carbocycles. The Morgan fingerprint density at radius 2 is 1.72 bits per heavy atom. The Kier molecular flexibility index (Phi) is 8.72. The highest BCUT2D eigenvalue weighted by molar-refractivity contribution is 5.95. The highest BCUT2D eigenvalue weighted by atomic mass is 19.1. The number of ether oxygens (including phenoxy) is 1. The fraction of sp³-hybridized carbons (Fsp3) is 0.259. The van der Waals surface area contributed by atoms with Crippen LogP contribution in [0.2, 0.25) is 0 Å². The van der Waals surface area contributed by atoms with E-state index in [4.69, 9.17) is 4.74 Å². The number of esters is 1. The average molecular weight is 493 g/mol. The van der Waals surface area contributed by atoms with Crippen molar-refractivity contribution in [2.75, 3.05) is 25.5 Å². The zero-order chi connectivity index (χ0) is 26.2. The van der Waals surface area contributed by atoms with E-state index in [0.717, 1.165) is 27.4 Å². The molecule has 0 fully saturated rings. The van der Waals surface area contributed by atoms with E-state index in [2.05, 4.69) is 34.7 Å². The second kappa shape index (κ2) is 11.9. The Labute approximate surface area is 209 Å². The van der Waals surface area contributed by atoms with Gasteiger partial charge in [0.05, 0.1) is 18.8 Å². The number of nitrogens with one attached hydrogen (secondary N) is 1. The lowest BCUT2D eigenvalue weighted by molar-refractivity contribution is -0.148. The van der Waals surface area contributed by atoms with Gasteiger partial charge in [-0.1, -0.05) is 29.8 Å². The van der Waals surface area contributed by atoms with Crippen molar-refractivity contribution in [3.8, 4) is 0 Å². The molecule has 1 heterocycles. The van der Waals surface area contributed by atoms with Gasteiger partial charge in [-0.15, -0.1) is 0 Å². The van der Waals surface area contributed by atoms with Gasteiger partial charge >= 0.3 is 5.97 Å². The number of carbonyl (C=O) groups excluding carboxylic acids is 3. The van der Waals surface area contributed by atoms with Crippen LogP contribution in [0, 0.1) is 26.6 Å². The molecule has 2 amide bonds. The van der Waals surface area contributed by atoms with Gasteiger partial charge in [0.2, 0.25) is 5.91 Å². The third kappa shape index (κ3) is 7.36. The summed E-state index contributed by atoms with van der Waals surface area (Å²) < 4.78 is 19.9. The van der Waals surface area contributed by atoms with Crippen LogP contribution in [0.25, 0.3) is 6.08 Å². The number of halogens is 1. The Balaban J connectivity index is 1.49. The smallest absolute Gasteiger partial charge is 0.331 e. The summed E-state index contributed by atoms with van der Waals surface area (Å²) in [5.41, 5.74) is 5.20. The lowest BCUT2D eigenvalue weighted by atomic mass is 10.1. The van der Waals surface area contributed by atoms with Crippen LogP contribution in [0.1, 0.15) is 28.1 Å². The Morgan fingerprint density at radius 3 is 2.39 bits per heavy atom. The number of amides is 2. The molecular weight excluding hydrogens is 463 g/mol. The van der Waals surface area contributed by atoms with Crippen LogP contribution >= 0.6 is 0 Å². The highest BCUT2D eigenvalue weighted by Crippen LogP contribution is 2.17. The lowest BCUT2D eigenvalue weighted by Gasteiger charge is -2.16. The fourth-order valence-corrected chi connectivity index (χ4v) is 3.45. The normalized spacial score (nSPS) is 10.9. The van der Waals surface area contributed by atoms with Crippen molar-refractivity contribution >= 4 is 29.5 Å².